The largest absolute Gasteiger partial charge is 0.465 e. The van der Waals surface area contributed by atoms with Gasteiger partial charge in [-0.3, -0.25) is 5.01 Å². The predicted octanol–water partition coefficient (Wildman–Crippen LogP) is 0.0449. The topological polar surface area (TPSA) is 73.0 Å². The SMILES string of the molecule is C#CCNCCCN(C)N1C=c2c([nH]c3cc(C(=O)OC)ccc23)=NC1. The fraction of sp³-hybridized carbons (Fsp3) is 0.368. The number of esters is 1. The Kier molecular flexibility index (Phi) is 5.56. The zero-order valence-corrected chi connectivity index (χ0v) is 15.1. The van der Waals surface area contributed by atoms with E-state index in [-0.39, 0.29) is 5.97 Å². The number of carbonyl (C=O) groups excluding carboxylic acids is 1. The molecule has 26 heavy (non-hydrogen) atoms. The van der Waals surface area contributed by atoms with Crippen LogP contribution < -0.4 is 16.0 Å². The Morgan fingerprint density at radius 1 is 1.54 bits per heavy atom. The first kappa shape index (κ1) is 18.0. The molecule has 0 saturated carbocycles. The van der Waals surface area contributed by atoms with Gasteiger partial charge < -0.3 is 15.0 Å². The Bertz CT molecular complexity index is 957. The fourth-order valence-corrected chi connectivity index (χ4v) is 2.97. The van der Waals surface area contributed by atoms with Crippen LogP contribution in [-0.2, 0) is 4.74 Å². The lowest BCUT2D eigenvalue weighted by atomic mass is 10.1. The first-order valence-corrected chi connectivity index (χ1v) is 8.52. The molecule has 7 nitrogen and oxygen atoms in total. The third-order valence-electron chi connectivity index (χ3n) is 4.39. The first-order valence-electron chi connectivity index (χ1n) is 8.52. The number of hydrogen-bond donors (Lipinski definition) is 2. The third kappa shape index (κ3) is 3.72. The number of rotatable bonds is 7. The van der Waals surface area contributed by atoms with E-state index >= 15 is 0 Å². The maximum Gasteiger partial charge on any atom is 0.337 e. The lowest BCUT2D eigenvalue weighted by Crippen LogP contribution is -2.43. The lowest BCUT2D eigenvalue weighted by Gasteiger charge is -2.30. The van der Waals surface area contributed by atoms with Crippen LogP contribution in [0, 0.1) is 12.3 Å². The van der Waals surface area contributed by atoms with Crippen LogP contribution in [0.1, 0.15) is 16.8 Å². The van der Waals surface area contributed by atoms with Crippen molar-refractivity contribution in [1.29, 1.82) is 0 Å². The van der Waals surface area contributed by atoms with Crippen LogP contribution in [0.25, 0.3) is 17.1 Å². The van der Waals surface area contributed by atoms with Crippen LogP contribution in [0.4, 0.5) is 0 Å². The molecule has 0 radical (unpaired) electrons. The summed E-state index contributed by atoms with van der Waals surface area (Å²) in [6, 6.07) is 5.50. The van der Waals surface area contributed by atoms with Crippen LogP contribution in [0.3, 0.4) is 0 Å². The summed E-state index contributed by atoms with van der Waals surface area (Å²) < 4.78 is 4.78. The summed E-state index contributed by atoms with van der Waals surface area (Å²) in [4.78, 5) is 19.6. The molecular formula is C19H23N5O2. The number of ether oxygens (including phenoxy) is 1. The molecule has 0 aliphatic carbocycles. The third-order valence-corrected chi connectivity index (χ3v) is 4.39. The quantitative estimate of drug-likeness (QED) is 0.418. The number of hydrazine groups is 1. The molecule has 2 N–H and O–H groups in total. The molecule has 1 aromatic carbocycles. The molecule has 136 valence electrons. The van der Waals surface area contributed by atoms with Crippen LogP contribution >= 0.6 is 0 Å². The molecule has 2 heterocycles. The lowest BCUT2D eigenvalue weighted by molar-refractivity contribution is 0.0601. The van der Waals surface area contributed by atoms with Crippen molar-refractivity contribution in [2.24, 2.45) is 4.99 Å². The average molecular weight is 353 g/mol. The van der Waals surface area contributed by atoms with Gasteiger partial charge >= 0.3 is 5.97 Å². The Labute approximate surface area is 152 Å². The fourth-order valence-electron chi connectivity index (χ4n) is 2.97. The van der Waals surface area contributed by atoms with E-state index in [1.54, 1.807) is 12.1 Å². The summed E-state index contributed by atoms with van der Waals surface area (Å²) >= 11 is 0. The van der Waals surface area contributed by atoms with Gasteiger partial charge in [-0.25, -0.2) is 14.8 Å². The molecular weight excluding hydrogens is 330 g/mol. The van der Waals surface area contributed by atoms with E-state index in [0.29, 0.717) is 18.8 Å². The van der Waals surface area contributed by atoms with Gasteiger partial charge in [-0.2, -0.15) is 0 Å². The molecule has 0 fully saturated rings. The summed E-state index contributed by atoms with van der Waals surface area (Å²) in [5.74, 6) is 2.22. The molecule has 1 aliphatic rings. The molecule has 0 amide bonds. The number of nitrogens with zero attached hydrogens (tertiary/aromatic N) is 3. The van der Waals surface area contributed by atoms with E-state index in [2.05, 4.69) is 37.4 Å². The minimum absolute atomic E-state index is 0.347. The highest BCUT2D eigenvalue weighted by atomic mass is 16.5. The van der Waals surface area contributed by atoms with Crippen molar-refractivity contribution in [3.05, 3.63) is 34.5 Å². The number of hydrogen-bond acceptors (Lipinski definition) is 6. The van der Waals surface area contributed by atoms with E-state index in [0.717, 1.165) is 41.1 Å². The summed E-state index contributed by atoms with van der Waals surface area (Å²) in [6.07, 6.45) is 8.31. The number of benzene rings is 1. The van der Waals surface area contributed by atoms with Crippen molar-refractivity contribution < 1.29 is 9.53 Å². The van der Waals surface area contributed by atoms with Crippen LogP contribution in [0.2, 0.25) is 0 Å². The molecule has 0 saturated heterocycles. The highest BCUT2D eigenvalue weighted by Gasteiger charge is 2.14. The Morgan fingerprint density at radius 2 is 2.38 bits per heavy atom. The van der Waals surface area contributed by atoms with Gasteiger partial charge in [0.2, 0.25) is 0 Å². The number of fused-ring (bicyclic) bond motifs is 3. The van der Waals surface area contributed by atoms with Crippen LogP contribution in [0.5, 0.6) is 0 Å². The minimum atomic E-state index is -0.347. The standard InChI is InChI=1S/C19H23N5O2/c1-4-8-20-9-5-10-23(2)24-12-16-15-7-6-14(19(25)26-3)11-17(15)22-18(16)21-13-24/h1,6-7,11-12,20H,5,8-10,13H2,2-3H3,(H,21,22). The summed E-state index contributed by atoms with van der Waals surface area (Å²) in [6.45, 7) is 2.93. The molecule has 2 aromatic rings. The van der Waals surface area contributed by atoms with E-state index in [1.807, 2.05) is 13.1 Å². The van der Waals surface area contributed by atoms with Crippen LogP contribution in [-0.4, -0.2) is 61.4 Å². The molecule has 1 aliphatic heterocycles. The molecule has 0 bridgehead atoms. The second kappa shape index (κ2) is 8.04. The van der Waals surface area contributed by atoms with Crippen molar-refractivity contribution in [2.45, 2.75) is 6.42 Å². The highest BCUT2D eigenvalue weighted by molar-refractivity contribution is 5.94. The molecule has 0 spiro atoms. The van der Waals surface area contributed by atoms with Gasteiger partial charge in [0.1, 0.15) is 12.2 Å². The summed E-state index contributed by atoms with van der Waals surface area (Å²) in [5.41, 5.74) is 2.23. The molecule has 7 heteroatoms. The number of carbonyl (C=O) groups is 1. The second-order valence-corrected chi connectivity index (χ2v) is 6.12. The van der Waals surface area contributed by atoms with Gasteiger partial charge in [-0.05, 0) is 25.1 Å². The number of terminal acetylenes is 1. The van der Waals surface area contributed by atoms with E-state index in [1.165, 1.54) is 7.11 Å². The average Bonchev–Trinajstić information content (AvgIpc) is 3.03. The second-order valence-electron chi connectivity index (χ2n) is 6.12. The van der Waals surface area contributed by atoms with Gasteiger partial charge in [0, 0.05) is 35.9 Å². The number of aromatic nitrogens is 1. The van der Waals surface area contributed by atoms with Crippen molar-refractivity contribution in [3.8, 4) is 12.3 Å². The summed E-state index contributed by atoms with van der Waals surface area (Å²) in [5, 5.41) is 9.48. The van der Waals surface area contributed by atoms with Crippen molar-refractivity contribution in [1.82, 2.24) is 20.3 Å². The maximum atomic E-state index is 11.7. The molecule has 0 atom stereocenters. The zero-order valence-electron chi connectivity index (χ0n) is 15.1. The van der Waals surface area contributed by atoms with E-state index in [9.17, 15) is 4.79 Å². The number of methoxy groups -OCH3 is 1. The Morgan fingerprint density at radius 3 is 3.15 bits per heavy atom. The molecule has 0 unspecified atom stereocenters. The normalized spacial score (nSPS) is 13.1. The number of H-pyrrole nitrogens is 1. The number of aromatic amines is 1. The first-order chi connectivity index (χ1) is 12.6. The molecule has 1 aromatic heterocycles. The van der Waals surface area contributed by atoms with Crippen molar-refractivity contribution >= 4 is 23.1 Å². The van der Waals surface area contributed by atoms with E-state index in [4.69, 9.17) is 11.2 Å². The monoisotopic (exact) mass is 353 g/mol. The van der Waals surface area contributed by atoms with Gasteiger partial charge in [0.05, 0.1) is 19.2 Å². The molecule has 3 rings (SSSR count). The van der Waals surface area contributed by atoms with Crippen molar-refractivity contribution in [2.75, 3.05) is 40.5 Å². The van der Waals surface area contributed by atoms with Crippen molar-refractivity contribution in [3.63, 3.8) is 0 Å². The minimum Gasteiger partial charge on any atom is -0.465 e. The Hall–Kier alpha value is -2.82. The smallest absolute Gasteiger partial charge is 0.337 e. The predicted molar refractivity (Wildman–Crippen MR) is 101 cm³/mol. The van der Waals surface area contributed by atoms with E-state index < -0.39 is 0 Å². The zero-order chi connectivity index (χ0) is 18.5. The summed E-state index contributed by atoms with van der Waals surface area (Å²) in [7, 11) is 3.42. The van der Waals surface area contributed by atoms with Gasteiger partial charge in [-0.1, -0.05) is 12.0 Å². The van der Waals surface area contributed by atoms with Crippen LogP contribution in [0.15, 0.2) is 23.2 Å². The van der Waals surface area contributed by atoms with Gasteiger partial charge in [-0.15, -0.1) is 6.42 Å². The van der Waals surface area contributed by atoms with Gasteiger partial charge in [0.25, 0.3) is 0 Å². The number of nitrogens with one attached hydrogen (secondary N) is 2. The Balaban J connectivity index is 1.78. The van der Waals surface area contributed by atoms with Gasteiger partial charge in [0.15, 0.2) is 0 Å². The highest BCUT2D eigenvalue weighted by Crippen LogP contribution is 2.12. The maximum absolute atomic E-state index is 11.7.